The summed E-state index contributed by atoms with van der Waals surface area (Å²) in [6.07, 6.45) is 1.71. The van der Waals surface area contributed by atoms with Crippen molar-refractivity contribution in [3.05, 3.63) is 36.0 Å². The van der Waals surface area contributed by atoms with E-state index in [4.69, 9.17) is 10.5 Å². The highest BCUT2D eigenvalue weighted by Crippen LogP contribution is 2.22. The van der Waals surface area contributed by atoms with E-state index in [1.807, 2.05) is 36.1 Å². The van der Waals surface area contributed by atoms with E-state index >= 15 is 0 Å². The summed E-state index contributed by atoms with van der Waals surface area (Å²) in [5.74, 6) is 0.814. The molecule has 0 unspecified atom stereocenters. The first-order chi connectivity index (χ1) is 11.2. The van der Waals surface area contributed by atoms with Gasteiger partial charge < -0.3 is 15.4 Å². The third kappa shape index (κ3) is 3.53. The number of carbonyl (C=O) groups excluding carboxylic acids is 1. The highest BCUT2D eigenvalue weighted by atomic mass is 16.5. The summed E-state index contributed by atoms with van der Waals surface area (Å²) < 4.78 is 5.43. The van der Waals surface area contributed by atoms with Gasteiger partial charge in [-0.2, -0.15) is 5.10 Å². The van der Waals surface area contributed by atoms with Crippen LogP contribution in [0, 0.1) is 0 Å². The molecule has 1 aliphatic heterocycles. The van der Waals surface area contributed by atoms with Gasteiger partial charge in [0.05, 0.1) is 12.3 Å². The number of nitrogens with two attached hydrogens (primary N) is 1. The molecule has 1 aliphatic rings. The number of H-pyrrole nitrogens is 1. The van der Waals surface area contributed by atoms with Crippen molar-refractivity contribution in [3.63, 3.8) is 0 Å². The second-order valence-corrected chi connectivity index (χ2v) is 5.75. The highest BCUT2D eigenvalue weighted by molar-refractivity contribution is 5.93. The first kappa shape index (κ1) is 15.6. The zero-order valence-electron chi connectivity index (χ0n) is 13.3. The molecule has 6 nitrogen and oxygen atoms in total. The molecule has 1 aromatic heterocycles. The number of hydrogen-bond acceptors (Lipinski definition) is 4. The lowest BCUT2D eigenvalue weighted by atomic mass is 10.1. The standard InChI is InChI=1S/C17H22N4O2/c1-2-23-14-5-3-12(4-6-14)15-11-16(20-19-15)17(22)21-9-7-13(18)8-10-21/h3-6,11,13H,2,7-10,18H2,1H3,(H,19,20). The van der Waals surface area contributed by atoms with E-state index in [-0.39, 0.29) is 11.9 Å². The second-order valence-electron chi connectivity index (χ2n) is 5.75. The number of nitrogens with zero attached hydrogens (tertiary/aromatic N) is 2. The van der Waals surface area contributed by atoms with E-state index in [9.17, 15) is 4.79 Å². The van der Waals surface area contributed by atoms with Crippen LogP contribution in [0.4, 0.5) is 0 Å². The number of amides is 1. The summed E-state index contributed by atoms with van der Waals surface area (Å²) in [4.78, 5) is 14.3. The minimum atomic E-state index is -0.0124. The third-order valence-electron chi connectivity index (χ3n) is 4.10. The fraction of sp³-hybridized carbons (Fsp3) is 0.412. The summed E-state index contributed by atoms with van der Waals surface area (Å²) in [6, 6.07) is 9.69. The Morgan fingerprint density at radius 1 is 1.35 bits per heavy atom. The predicted molar refractivity (Wildman–Crippen MR) is 88.3 cm³/mol. The Bertz CT molecular complexity index is 657. The zero-order valence-corrected chi connectivity index (χ0v) is 13.3. The van der Waals surface area contributed by atoms with Gasteiger partial charge in [0.25, 0.3) is 5.91 Å². The van der Waals surface area contributed by atoms with E-state index in [1.165, 1.54) is 0 Å². The number of aromatic amines is 1. The molecule has 6 heteroatoms. The van der Waals surface area contributed by atoms with Gasteiger partial charge in [-0.15, -0.1) is 0 Å². The van der Waals surface area contributed by atoms with E-state index in [0.717, 1.165) is 29.8 Å². The molecule has 2 heterocycles. The maximum Gasteiger partial charge on any atom is 0.271 e. The molecule has 1 saturated heterocycles. The smallest absolute Gasteiger partial charge is 0.271 e. The van der Waals surface area contributed by atoms with Crippen LogP contribution in [0.5, 0.6) is 5.75 Å². The van der Waals surface area contributed by atoms with Crippen molar-refractivity contribution in [1.82, 2.24) is 15.1 Å². The number of ether oxygens (including phenoxy) is 1. The van der Waals surface area contributed by atoms with E-state index < -0.39 is 0 Å². The molecule has 2 aromatic rings. The Labute approximate surface area is 135 Å². The van der Waals surface area contributed by atoms with Crippen molar-refractivity contribution in [3.8, 4) is 17.0 Å². The maximum atomic E-state index is 12.5. The fourth-order valence-electron chi connectivity index (χ4n) is 2.74. The number of rotatable bonds is 4. The van der Waals surface area contributed by atoms with Crippen LogP contribution in [-0.4, -0.2) is 46.7 Å². The number of likely N-dealkylation sites (tertiary alicyclic amines) is 1. The van der Waals surface area contributed by atoms with Gasteiger partial charge in [0.15, 0.2) is 0 Å². The fourth-order valence-corrected chi connectivity index (χ4v) is 2.74. The van der Waals surface area contributed by atoms with Gasteiger partial charge in [-0.1, -0.05) is 0 Å². The van der Waals surface area contributed by atoms with Crippen molar-refractivity contribution in [2.75, 3.05) is 19.7 Å². The van der Waals surface area contributed by atoms with Gasteiger partial charge in [0.1, 0.15) is 11.4 Å². The van der Waals surface area contributed by atoms with Crippen LogP contribution in [0.15, 0.2) is 30.3 Å². The lowest BCUT2D eigenvalue weighted by molar-refractivity contribution is 0.0708. The van der Waals surface area contributed by atoms with Crippen LogP contribution >= 0.6 is 0 Å². The number of nitrogens with one attached hydrogen (secondary N) is 1. The molecule has 1 amide bonds. The molecule has 0 spiro atoms. The van der Waals surface area contributed by atoms with Crippen molar-refractivity contribution >= 4 is 5.91 Å². The SMILES string of the molecule is CCOc1ccc(-c2cc(C(=O)N3CCC(N)CC3)[nH]n2)cc1. The molecule has 1 aromatic carbocycles. The molecule has 3 N–H and O–H groups in total. The van der Waals surface area contributed by atoms with Crippen molar-refractivity contribution < 1.29 is 9.53 Å². The molecular weight excluding hydrogens is 292 g/mol. The van der Waals surface area contributed by atoms with Crippen molar-refractivity contribution in [2.24, 2.45) is 5.73 Å². The van der Waals surface area contributed by atoms with Gasteiger partial charge in [0.2, 0.25) is 0 Å². The maximum absolute atomic E-state index is 12.5. The molecule has 0 atom stereocenters. The van der Waals surface area contributed by atoms with Crippen LogP contribution in [0.2, 0.25) is 0 Å². The van der Waals surface area contributed by atoms with Crippen LogP contribution < -0.4 is 10.5 Å². The molecule has 122 valence electrons. The van der Waals surface area contributed by atoms with Crippen LogP contribution in [-0.2, 0) is 0 Å². The first-order valence-electron chi connectivity index (χ1n) is 8.01. The Morgan fingerprint density at radius 3 is 2.70 bits per heavy atom. The topological polar surface area (TPSA) is 84.2 Å². The monoisotopic (exact) mass is 314 g/mol. The molecule has 0 saturated carbocycles. The van der Waals surface area contributed by atoms with Gasteiger partial charge in [-0.05, 0) is 50.1 Å². The van der Waals surface area contributed by atoms with Crippen LogP contribution in [0.1, 0.15) is 30.3 Å². The Balaban J connectivity index is 1.71. The molecule has 0 bridgehead atoms. The summed E-state index contributed by atoms with van der Waals surface area (Å²) in [5.41, 5.74) is 8.10. The number of piperidine rings is 1. The predicted octanol–water partition coefficient (Wildman–Crippen LogP) is 2.04. The average molecular weight is 314 g/mol. The third-order valence-corrected chi connectivity index (χ3v) is 4.10. The number of benzene rings is 1. The van der Waals surface area contributed by atoms with E-state index in [2.05, 4.69) is 10.2 Å². The van der Waals surface area contributed by atoms with Crippen LogP contribution in [0.25, 0.3) is 11.3 Å². The molecule has 0 radical (unpaired) electrons. The lowest BCUT2D eigenvalue weighted by Crippen LogP contribution is -2.42. The highest BCUT2D eigenvalue weighted by Gasteiger charge is 2.23. The second kappa shape index (κ2) is 6.83. The van der Waals surface area contributed by atoms with E-state index in [0.29, 0.717) is 25.4 Å². The Morgan fingerprint density at radius 2 is 2.04 bits per heavy atom. The van der Waals surface area contributed by atoms with Crippen molar-refractivity contribution in [2.45, 2.75) is 25.8 Å². The summed E-state index contributed by atoms with van der Waals surface area (Å²) in [7, 11) is 0. The zero-order chi connectivity index (χ0) is 16.2. The molecule has 1 fully saturated rings. The van der Waals surface area contributed by atoms with Gasteiger partial charge in [0, 0.05) is 24.7 Å². The number of carbonyl (C=O) groups is 1. The quantitative estimate of drug-likeness (QED) is 0.904. The molecule has 23 heavy (non-hydrogen) atoms. The Kier molecular flexibility index (Phi) is 4.62. The molecule has 0 aliphatic carbocycles. The minimum absolute atomic E-state index is 0.0124. The van der Waals surface area contributed by atoms with Gasteiger partial charge >= 0.3 is 0 Å². The first-order valence-corrected chi connectivity index (χ1v) is 8.01. The average Bonchev–Trinajstić information content (AvgIpc) is 3.06. The summed E-state index contributed by atoms with van der Waals surface area (Å²) in [5, 5.41) is 7.10. The normalized spacial score (nSPS) is 15.7. The van der Waals surface area contributed by atoms with E-state index in [1.54, 1.807) is 6.07 Å². The number of aromatic nitrogens is 2. The summed E-state index contributed by atoms with van der Waals surface area (Å²) in [6.45, 7) is 4.00. The summed E-state index contributed by atoms with van der Waals surface area (Å²) >= 11 is 0. The van der Waals surface area contributed by atoms with Crippen molar-refractivity contribution in [1.29, 1.82) is 0 Å². The molecule has 3 rings (SSSR count). The lowest BCUT2D eigenvalue weighted by Gasteiger charge is -2.29. The molecular formula is C17H22N4O2. The number of hydrogen-bond donors (Lipinski definition) is 2. The minimum Gasteiger partial charge on any atom is -0.494 e. The Hall–Kier alpha value is -2.34. The van der Waals surface area contributed by atoms with Gasteiger partial charge in [-0.3, -0.25) is 9.89 Å². The van der Waals surface area contributed by atoms with Crippen LogP contribution in [0.3, 0.4) is 0 Å². The largest absolute Gasteiger partial charge is 0.494 e. The van der Waals surface area contributed by atoms with Gasteiger partial charge in [-0.25, -0.2) is 0 Å².